The van der Waals surface area contributed by atoms with Crippen LogP contribution in [0.5, 0.6) is 11.5 Å². The third kappa shape index (κ3) is 4.88. The number of likely N-dealkylation sites (N-methyl/N-ethyl adjacent to an activating group) is 1. The number of carbonyl (C=O) groups excluding carboxylic acids is 1. The number of hydrogen-bond acceptors (Lipinski definition) is 4. The van der Waals surface area contributed by atoms with Gasteiger partial charge in [-0.05, 0) is 86.4 Å². The van der Waals surface area contributed by atoms with Crippen molar-refractivity contribution in [3.63, 3.8) is 0 Å². The van der Waals surface area contributed by atoms with Crippen LogP contribution in [0, 0.1) is 23.2 Å². The number of nitrogens with one attached hydrogen (secondary N) is 1. The zero-order chi connectivity index (χ0) is 21.3. The van der Waals surface area contributed by atoms with Crippen LogP contribution in [0.25, 0.3) is 0 Å². The van der Waals surface area contributed by atoms with Gasteiger partial charge in [0.25, 0.3) is 0 Å². The monoisotopic (exact) mass is 422 g/mol. The Labute approximate surface area is 177 Å². The average molecular weight is 423 g/mol. The first-order valence-electron chi connectivity index (χ1n) is 10.9. The fraction of sp³-hybridized carbons (Fsp3) is 0.696. The van der Waals surface area contributed by atoms with E-state index in [0.29, 0.717) is 18.5 Å². The Balaban J connectivity index is 1.27. The van der Waals surface area contributed by atoms with Crippen molar-refractivity contribution >= 4 is 5.91 Å². The van der Waals surface area contributed by atoms with Crippen LogP contribution in [0.15, 0.2) is 18.2 Å². The van der Waals surface area contributed by atoms with Crippen LogP contribution in [0.2, 0.25) is 0 Å². The number of hydrogen-bond donors (Lipinski definition) is 1. The molecule has 1 aromatic carbocycles. The number of ether oxygens (including phenoxy) is 2. The predicted octanol–water partition coefficient (Wildman–Crippen LogP) is 4.06. The molecule has 5 nitrogen and oxygen atoms in total. The first-order valence-corrected chi connectivity index (χ1v) is 10.9. The number of amides is 1. The van der Waals surface area contributed by atoms with Gasteiger partial charge in [-0.1, -0.05) is 6.07 Å². The lowest BCUT2D eigenvalue weighted by Gasteiger charge is -2.56. The van der Waals surface area contributed by atoms with Crippen LogP contribution in [-0.4, -0.2) is 44.7 Å². The number of benzene rings is 1. The summed E-state index contributed by atoms with van der Waals surface area (Å²) in [5, 5.41) is 3.20. The normalized spacial score (nSPS) is 29.5. The van der Waals surface area contributed by atoms with E-state index in [1.807, 2.05) is 11.9 Å². The van der Waals surface area contributed by atoms with Gasteiger partial charge < -0.3 is 14.8 Å². The number of alkyl halides is 2. The molecule has 4 saturated carbocycles. The fourth-order valence-corrected chi connectivity index (χ4v) is 6.46. The molecule has 1 amide bonds. The molecule has 5 rings (SSSR count). The van der Waals surface area contributed by atoms with Crippen molar-refractivity contribution in [3.8, 4) is 11.5 Å². The van der Waals surface area contributed by atoms with Crippen molar-refractivity contribution in [2.24, 2.45) is 23.2 Å². The first kappa shape index (κ1) is 21.3. The molecule has 30 heavy (non-hydrogen) atoms. The lowest BCUT2D eigenvalue weighted by molar-refractivity contribution is -0.124. The SMILES string of the molecule is COc1cc(CN(C)CC(=O)NCC23CC4CC(CC(C4)C2)C3)ccc1OC(F)F. The summed E-state index contributed by atoms with van der Waals surface area (Å²) >= 11 is 0. The van der Waals surface area contributed by atoms with Gasteiger partial charge >= 0.3 is 6.61 Å². The number of rotatable bonds is 9. The van der Waals surface area contributed by atoms with Gasteiger partial charge in [-0.15, -0.1) is 0 Å². The molecular weight excluding hydrogens is 390 g/mol. The van der Waals surface area contributed by atoms with E-state index >= 15 is 0 Å². The summed E-state index contributed by atoms with van der Waals surface area (Å²) in [6.45, 7) is -1.29. The molecule has 4 bridgehead atoms. The van der Waals surface area contributed by atoms with Crippen LogP contribution < -0.4 is 14.8 Å². The molecule has 0 aliphatic heterocycles. The molecular formula is C23H32F2N2O3. The molecule has 0 aromatic heterocycles. The van der Waals surface area contributed by atoms with Crippen LogP contribution in [0.1, 0.15) is 44.1 Å². The van der Waals surface area contributed by atoms with Crippen molar-refractivity contribution in [3.05, 3.63) is 23.8 Å². The minimum atomic E-state index is -2.90. The van der Waals surface area contributed by atoms with Gasteiger partial charge in [0.15, 0.2) is 11.5 Å². The lowest BCUT2D eigenvalue weighted by Crippen LogP contribution is -2.51. The number of carbonyl (C=O) groups is 1. The molecule has 4 aliphatic rings. The maximum absolute atomic E-state index is 12.6. The van der Waals surface area contributed by atoms with E-state index in [1.54, 1.807) is 12.1 Å². The van der Waals surface area contributed by atoms with Crippen LogP contribution in [0.4, 0.5) is 8.78 Å². The van der Waals surface area contributed by atoms with E-state index in [9.17, 15) is 13.6 Å². The van der Waals surface area contributed by atoms with E-state index in [1.165, 1.54) is 51.7 Å². The third-order valence-corrected chi connectivity index (χ3v) is 7.14. The highest BCUT2D eigenvalue weighted by molar-refractivity contribution is 5.78. The first-order chi connectivity index (χ1) is 14.3. The zero-order valence-electron chi connectivity index (χ0n) is 17.8. The molecule has 166 valence electrons. The van der Waals surface area contributed by atoms with Gasteiger partial charge in [0.2, 0.25) is 5.91 Å². The Morgan fingerprint density at radius 3 is 2.37 bits per heavy atom. The summed E-state index contributed by atoms with van der Waals surface area (Å²) in [5.41, 5.74) is 1.20. The Hall–Kier alpha value is -1.89. The van der Waals surface area contributed by atoms with E-state index in [2.05, 4.69) is 10.1 Å². The van der Waals surface area contributed by atoms with Gasteiger partial charge in [0, 0.05) is 13.1 Å². The van der Waals surface area contributed by atoms with Gasteiger partial charge in [-0.25, -0.2) is 0 Å². The maximum atomic E-state index is 12.6. The van der Waals surface area contributed by atoms with Crippen molar-refractivity contribution in [1.82, 2.24) is 10.2 Å². The van der Waals surface area contributed by atoms with Crippen LogP contribution >= 0.6 is 0 Å². The lowest BCUT2D eigenvalue weighted by atomic mass is 9.49. The second-order valence-corrected chi connectivity index (χ2v) is 9.73. The Kier molecular flexibility index (Phi) is 6.19. The average Bonchev–Trinajstić information content (AvgIpc) is 2.66. The van der Waals surface area contributed by atoms with Gasteiger partial charge in [-0.2, -0.15) is 8.78 Å². The predicted molar refractivity (Wildman–Crippen MR) is 110 cm³/mol. The minimum absolute atomic E-state index is 0.00668. The summed E-state index contributed by atoms with van der Waals surface area (Å²) in [6.07, 6.45) is 8.05. The highest BCUT2D eigenvalue weighted by Crippen LogP contribution is 2.59. The maximum Gasteiger partial charge on any atom is 0.387 e. The second kappa shape index (κ2) is 8.69. The number of nitrogens with zero attached hydrogens (tertiary/aromatic N) is 1. The number of methoxy groups -OCH3 is 1. The van der Waals surface area contributed by atoms with Crippen LogP contribution in [-0.2, 0) is 11.3 Å². The third-order valence-electron chi connectivity index (χ3n) is 7.14. The molecule has 0 atom stereocenters. The Morgan fingerprint density at radius 1 is 1.17 bits per heavy atom. The molecule has 4 aliphatic carbocycles. The van der Waals surface area contributed by atoms with E-state index in [0.717, 1.165) is 29.9 Å². The minimum Gasteiger partial charge on any atom is -0.493 e. The van der Waals surface area contributed by atoms with E-state index < -0.39 is 6.61 Å². The van der Waals surface area contributed by atoms with Crippen molar-refractivity contribution in [2.75, 3.05) is 27.2 Å². The molecule has 0 spiro atoms. The Bertz CT molecular complexity index is 736. The molecule has 1 N–H and O–H groups in total. The highest BCUT2D eigenvalue weighted by atomic mass is 19.3. The highest BCUT2D eigenvalue weighted by Gasteiger charge is 2.50. The summed E-state index contributed by atoms with van der Waals surface area (Å²) in [4.78, 5) is 14.5. The fourth-order valence-electron chi connectivity index (χ4n) is 6.46. The van der Waals surface area contributed by atoms with E-state index in [4.69, 9.17) is 4.74 Å². The van der Waals surface area contributed by atoms with Gasteiger partial charge in [-0.3, -0.25) is 9.69 Å². The van der Waals surface area contributed by atoms with Crippen molar-refractivity contribution < 1.29 is 23.0 Å². The van der Waals surface area contributed by atoms with Crippen molar-refractivity contribution in [2.45, 2.75) is 51.7 Å². The quantitative estimate of drug-likeness (QED) is 0.652. The summed E-state index contributed by atoms with van der Waals surface area (Å²) < 4.78 is 34.5. The molecule has 0 unspecified atom stereocenters. The summed E-state index contributed by atoms with van der Waals surface area (Å²) in [7, 11) is 3.29. The standard InChI is InChI=1S/C23H32F2N2O3/c1-27(12-15-3-4-19(30-22(24)25)20(8-15)29-2)13-21(28)26-14-23-9-16-5-17(10-23)7-18(6-16)11-23/h3-4,8,16-18,22H,5-7,9-14H2,1-2H3,(H,26,28). The summed E-state index contributed by atoms with van der Waals surface area (Å²) in [6, 6.07) is 4.85. The molecule has 0 radical (unpaired) electrons. The Morgan fingerprint density at radius 2 is 1.80 bits per heavy atom. The molecule has 7 heteroatoms. The molecule has 0 saturated heterocycles. The molecule has 4 fully saturated rings. The van der Waals surface area contributed by atoms with E-state index in [-0.39, 0.29) is 17.4 Å². The molecule has 0 heterocycles. The number of halogens is 2. The largest absolute Gasteiger partial charge is 0.493 e. The zero-order valence-corrected chi connectivity index (χ0v) is 17.8. The molecule has 1 aromatic rings. The van der Waals surface area contributed by atoms with Crippen molar-refractivity contribution in [1.29, 1.82) is 0 Å². The topological polar surface area (TPSA) is 50.8 Å². The van der Waals surface area contributed by atoms with Gasteiger partial charge in [0.05, 0.1) is 13.7 Å². The summed E-state index contributed by atoms with van der Waals surface area (Å²) in [5.74, 6) is 2.94. The smallest absolute Gasteiger partial charge is 0.387 e. The second-order valence-electron chi connectivity index (χ2n) is 9.73. The van der Waals surface area contributed by atoms with Crippen LogP contribution in [0.3, 0.4) is 0 Å². The van der Waals surface area contributed by atoms with Gasteiger partial charge in [0.1, 0.15) is 0 Å².